The number of nitrogens with one attached hydrogen (secondary N) is 1. The van der Waals surface area contributed by atoms with Gasteiger partial charge in [-0.15, -0.1) is 0 Å². The van der Waals surface area contributed by atoms with E-state index < -0.39 is 0 Å². The molecule has 0 fully saturated rings. The third-order valence-corrected chi connectivity index (χ3v) is 3.28. The quantitative estimate of drug-likeness (QED) is 0.899. The van der Waals surface area contributed by atoms with Gasteiger partial charge in [0.25, 0.3) is 0 Å². The molecule has 19 heavy (non-hydrogen) atoms. The van der Waals surface area contributed by atoms with E-state index in [-0.39, 0.29) is 0 Å². The molecule has 1 aromatic heterocycles. The normalized spacial score (nSPS) is 11.2. The summed E-state index contributed by atoms with van der Waals surface area (Å²) in [4.78, 5) is 4.25. The highest BCUT2D eigenvalue weighted by Crippen LogP contribution is 2.34. The van der Waals surface area contributed by atoms with Crippen molar-refractivity contribution in [1.29, 1.82) is 0 Å². The van der Waals surface area contributed by atoms with E-state index in [0.717, 1.165) is 13.0 Å². The molecule has 0 atom stereocenters. The largest absolute Gasteiger partial charge is 0.441 e. The lowest BCUT2D eigenvalue weighted by Gasteiger charge is -2.05. The Morgan fingerprint density at radius 2 is 1.95 bits per heavy atom. The van der Waals surface area contributed by atoms with E-state index in [9.17, 15) is 0 Å². The average molecular weight is 299 g/mol. The van der Waals surface area contributed by atoms with Crippen LogP contribution in [0.3, 0.4) is 0 Å². The predicted octanol–water partition coefficient (Wildman–Crippen LogP) is 4.19. The highest BCUT2D eigenvalue weighted by atomic mass is 35.5. The molecule has 0 aliphatic rings. The van der Waals surface area contributed by atoms with Crippen molar-refractivity contribution in [1.82, 2.24) is 10.3 Å². The predicted molar refractivity (Wildman–Crippen MR) is 78.8 cm³/mol. The van der Waals surface area contributed by atoms with E-state index in [2.05, 4.69) is 24.1 Å². The third kappa shape index (κ3) is 3.72. The second kappa shape index (κ2) is 6.42. The zero-order valence-corrected chi connectivity index (χ0v) is 12.4. The van der Waals surface area contributed by atoms with Gasteiger partial charge in [-0.1, -0.05) is 43.1 Å². The molecule has 1 N–H and O–H groups in total. The van der Waals surface area contributed by atoms with Crippen molar-refractivity contribution in [2.75, 3.05) is 6.54 Å². The highest BCUT2D eigenvalue weighted by Gasteiger charge is 2.13. The van der Waals surface area contributed by atoms with Crippen LogP contribution in [0, 0.1) is 0 Å². The number of hydrogen-bond acceptors (Lipinski definition) is 3. The minimum absolute atomic E-state index is 0.451. The van der Waals surface area contributed by atoms with E-state index in [4.69, 9.17) is 27.6 Å². The van der Waals surface area contributed by atoms with Crippen molar-refractivity contribution in [3.05, 3.63) is 40.3 Å². The van der Waals surface area contributed by atoms with E-state index in [1.165, 1.54) is 0 Å². The summed E-state index contributed by atoms with van der Waals surface area (Å²) in [5.74, 6) is 1.29. The van der Waals surface area contributed by atoms with Crippen molar-refractivity contribution in [2.45, 2.75) is 26.3 Å². The van der Waals surface area contributed by atoms with Gasteiger partial charge in [-0.25, -0.2) is 4.98 Å². The van der Waals surface area contributed by atoms with Gasteiger partial charge in [-0.3, -0.25) is 0 Å². The van der Waals surface area contributed by atoms with Crippen LogP contribution in [0.15, 0.2) is 28.8 Å². The molecule has 0 aliphatic carbocycles. The molecule has 2 rings (SSSR count). The number of oxazole rings is 1. The topological polar surface area (TPSA) is 38.1 Å². The Balaban J connectivity index is 2.12. The zero-order chi connectivity index (χ0) is 13.8. The van der Waals surface area contributed by atoms with Gasteiger partial charge >= 0.3 is 0 Å². The number of hydrogen-bond donors (Lipinski definition) is 1. The number of benzene rings is 1. The molecule has 5 heteroatoms. The molecular weight excluding hydrogens is 283 g/mol. The first-order valence-electron chi connectivity index (χ1n) is 6.20. The Morgan fingerprint density at radius 1 is 1.26 bits per heavy atom. The lowest BCUT2D eigenvalue weighted by molar-refractivity contribution is 0.485. The molecule has 3 nitrogen and oxygen atoms in total. The van der Waals surface area contributed by atoms with Crippen LogP contribution in [0.25, 0.3) is 11.3 Å². The zero-order valence-electron chi connectivity index (χ0n) is 10.9. The summed E-state index contributed by atoms with van der Waals surface area (Å²) in [5.41, 5.74) is 0.696. The van der Waals surface area contributed by atoms with Crippen LogP contribution in [-0.2, 0) is 6.42 Å². The minimum atomic E-state index is 0.451. The highest BCUT2D eigenvalue weighted by molar-refractivity contribution is 6.39. The van der Waals surface area contributed by atoms with Crippen LogP contribution in [0.5, 0.6) is 0 Å². The summed E-state index contributed by atoms with van der Waals surface area (Å²) in [5, 5.41) is 4.44. The van der Waals surface area contributed by atoms with Gasteiger partial charge in [0.2, 0.25) is 0 Å². The second-order valence-corrected chi connectivity index (χ2v) is 5.39. The number of nitrogens with zero attached hydrogens (tertiary/aromatic N) is 1. The second-order valence-electron chi connectivity index (χ2n) is 4.57. The summed E-state index contributed by atoms with van der Waals surface area (Å²) >= 11 is 12.3. The van der Waals surface area contributed by atoms with Crippen molar-refractivity contribution >= 4 is 23.2 Å². The van der Waals surface area contributed by atoms with Crippen LogP contribution in [0.2, 0.25) is 10.0 Å². The number of halogens is 2. The summed E-state index contributed by atoms with van der Waals surface area (Å²) in [6.45, 7) is 5.03. The Bertz CT molecular complexity index is 532. The van der Waals surface area contributed by atoms with Gasteiger partial charge in [0, 0.05) is 19.0 Å². The lowest BCUT2D eigenvalue weighted by atomic mass is 10.2. The number of aromatic nitrogens is 1. The number of rotatable bonds is 5. The monoisotopic (exact) mass is 298 g/mol. The smallest absolute Gasteiger partial charge is 0.196 e. The van der Waals surface area contributed by atoms with E-state index in [0.29, 0.717) is 33.3 Å². The van der Waals surface area contributed by atoms with Gasteiger partial charge in [-0.05, 0) is 12.1 Å². The molecule has 1 aromatic carbocycles. The first-order valence-corrected chi connectivity index (χ1v) is 6.96. The van der Waals surface area contributed by atoms with Gasteiger partial charge in [0.15, 0.2) is 11.7 Å². The van der Waals surface area contributed by atoms with Gasteiger partial charge in [-0.2, -0.15) is 0 Å². The third-order valence-electron chi connectivity index (χ3n) is 2.65. The average Bonchev–Trinajstić information content (AvgIpc) is 2.77. The Hall–Kier alpha value is -1.03. The standard InChI is InChI=1S/C14H16Cl2N2O/c1-9(2)17-7-6-13-18-8-12(19-13)14-10(15)4-3-5-11(14)16/h3-5,8-9,17H,6-7H2,1-2H3. The molecular formula is C14H16Cl2N2O. The van der Waals surface area contributed by atoms with Crippen molar-refractivity contribution < 1.29 is 4.42 Å². The molecule has 0 saturated heterocycles. The van der Waals surface area contributed by atoms with Crippen LogP contribution in [0.1, 0.15) is 19.7 Å². The molecule has 0 aliphatic heterocycles. The van der Waals surface area contributed by atoms with Crippen LogP contribution in [0.4, 0.5) is 0 Å². The molecule has 0 saturated carbocycles. The van der Waals surface area contributed by atoms with Gasteiger partial charge < -0.3 is 9.73 Å². The maximum atomic E-state index is 6.13. The fourth-order valence-corrected chi connectivity index (χ4v) is 2.33. The van der Waals surface area contributed by atoms with Crippen LogP contribution in [-0.4, -0.2) is 17.6 Å². The van der Waals surface area contributed by atoms with Crippen molar-refractivity contribution in [3.8, 4) is 11.3 Å². The molecule has 0 spiro atoms. The van der Waals surface area contributed by atoms with E-state index in [1.807, 2.05) is 0 Å². The van der Waals surface area contributed by atoms with Crippen LogP contribution >= 0.6 is 23.2 Å². The van der Waals surface area contributed by atoms with Gasteiger partial charge in [0.05, 0.1) is 21.8 Å². The molecule has 102 valence electrons. The summed E-state index contributed by atoms with van der Waals surface area (Å²) in [7, 11) is 0. The summed E-state index contributed by atoms with van der Waals surface area (Å²) in [6, 6.07) is 5.82. The van der Waals surface area contributed by atoms with Gasteiger partial charge in [0.1, 0.15) is 0 Å². The first kappa shape index (κ1) is 14.4. The minimum Gasteiger partial charge on any atom is -0.441 e. The summed E-state index contributed by atoms with van der Waals surface area (Å²) < 4.78 is 5.69. The fraction of sp³-hybridized carbons (Fsp3) is 0.357. The maximum absolute atomic E-state index is 6.13. The van der Waals surface area contributed by atoms with Crippen LogP contribution < -0.4 is 5.32 Å². The molecule has 0 bridgehead atoms. The van der Waals surface area contributed by atoms with E-state index in [1.54, 1.807) is 24.4 Å². The Labute approximate surface area is 122 Å². The molecule has 1 heterocycles. The molecule has 0 amide bonds. The first-order chi connectivity index (χ1) is 9.08. The van der Waals surface area contributed by atoms with Crippen molar-refractivity contribution in [2.24, 2.45) is 0 Å². The SMILES string of the molecule is CC(C)NCCc1ncc(-c2c(Cl)cccc2Cl)o1. The Morgan fingerprint density at radius 3 is 2.58 bits per heavy atom. The van der Waals surface area contributed by atoms with E-state index >= 15 is 0 Å². The fourth-order valence-electron chi connectivity index (χ4n) is 1.74. The summed E-state index contributed by atoms with van der Waals surface area (Å²) in [6.07, 6.45) is 2.40. The molecule has 2 aromatic rings. The van der Waals surface area contributed by atoms with Crippen molar-refractivity contribution in [3.63, 3.8) is 0 Å². The molecule has 0 unspecified atom stereocenters. The lowest BCUT2D eigenvalue weighted by Crippen LogP contribution is -2.24. The molecule has 0 radical (unpaired) electrons. The maximum Gasteiger partial charge on any atom is 0.196 e. The Kier molecular flexibility index (Phi) is 4.86.